The van der Waals surface area contributed by atoms with Crippen LogP contribution in [-0.4, -0.2) is 42.8 Å². The summed E-state index contributed by atoms with van der Waals surface area (Å²) in [6, 6.07) is 0.325. The van der Waals surface area contributed by atoms with Gasteiger partial charge in [-0.25, -0.2) is 4.79 Å². The predicted molar refractivity (Wildman–Crippen MR) is 106 cm³/mol. The molecule has 1 saturated carbocycles. The largest absolute Gasteiger partial charge is 0.450 e. The number of amides is 1. The number of carbonyl (C=O) groups is 1. The van der Waals surface area contributed by atoms with Gasteiger partial charge in [0.1, 0.15) is 11.4 Å². The minimum Gasteiger partial charge on any atom is -0.450 e. The van der Waals surface area contributed by atoms with Gasteiger partial charge in [0.2, 0.25) is 0 Å². The van der Waals surface area contributed by atoms with Gasteiger partial charge in [-0.05, 0) is 38.0 Å². The number of rotatable bonds is 5. The average molecular weight is 377 g/mol. The maximum absolute atomic E-state index is 12.1. The lowest BCUT2D eigenvalue weighted by Gasteiger charge is -2.36. The first kappa shape index (κ1) is 19.7. The van der Waals surface area contributed by atoms with Gasteiger partial charge in [-0.15, -0.1) is 0 Å². The third kappa shape index (κ3) is 4.12. The van der Waals surface area contributed by atoms with Crippen molar-refractivity contribution in [2.45, 2.75) is 65.0 Å². The van der Waals surface area contributed by atoms with Crippen molar-refractivity contribution >= 4 is 17.5 Å². The molecule has 3 atom stereocenters. The lowest BCUT2D eigenvalue weighted by molar-refractivity contribution is 0.0983. The summed E-state index contributed by atoms with van der Waals surface area (Å²) in [5, 5.41) is 6.62. The Kier molecular flexibility index (Phi) is 6.07. The summed E-state index contributed by atoms with van der Waals surface area (Å²) in [5.74, 6) is 1.09. The van der Waals surface area contributed by atoms with Crippen LogP contribution in [0.15, 0.2) is 9.59 Å². The Labute approximate surface area is 160 Å². The molecule has 1 aliphatic heterocycles. The number of anilines is 2. The van der Waals surface area contributed by atoms with Crippen molar-refractivity contribution in [1.82, 2.24) is 4.90 Å². The number of nitrogens with zero attached hydrogens (tertiary/aromatic N) is 1. The number of carbonyl (C=O) groups excluding carboxylic acids is 1. The van der Waals surface area contributed by atoms with E-state index in [1.54, 1.807) is 11.8 Å². The van der Waals surface area contributed by atoms with Gasteiger partial charge in [-0.3, -0.25) is 9.59 Å². The number of piperidine rings is 1. The smallest absolute Gasteiger partial charge is 0.409 e. The van der Waals surface area contributed by atoms with E-state index < -0.39 is 10.9 Å². The molecule has 1 heterocycles. The van der Waals surface area contributed by atoms with Gasteiger partial charge in [0.25, 0.3) is 10.9 Å². The summed E-state index contributed by atoms with van der Waals surface area (Å²) in [6.45, 7) is 7.80. The van der Waals surface area contributed by atoms with Gasteiger partial charge in [0.05, 0.1) is 6.61 Å². The van der Waals surface area contributed by atoms with E-state index in [1.165, 1.54) is 6.42 Å². The van der Waals surface area contributed by atoms with Crippen LogP contribution in [0.1, 0.15) is 52.9 Å². The molecule has 2 aliphatic rings. The van der Waals surface area contributed by atoms with Crippen molar-refractivity contribution in [2.24, 2.45) is 11.8 Å². The van der Waals surface area contributed by atoms with E-state index in [1.807, 2.05) is 0 Å². The van der Waals surface area contributed by atoms with Gasteiger partial charge in [-0.2, -0.15) is 0 Å². The highest BCUT2D eigenvalue weighted by atomic mass is 16.6. The first-order valence-corrected chi connectivity index (χ1v) is 10.2. The van der Waals surface area contributed by atoms with Crippen molar-refractivity contribution in [1.29, 1.82) is 0 Å². The minimum atomic E-state index is -0.429. The summed E-state index contributed by atoms with van der Waals surface area (Å²) in [7, 11) is 0. The first-order chi connectivity index (χ1) is 12.9. The van der Waals surface area contributed by atoms with Crippen LogP contribution in [0.2, 0.25) is 0 Å². The number of likely N-dealkylation sites (tertiary alicyclic amines) is 1. The summed E-state index contributed by atoms with van der Waals surface area (Å²) in [6.07, 6.45) is 4.57. The average Bonchev–Trinajstić information content (AvgIpc) is 2.68. The van der Waals surface area contributed by atoms with Crippen molar-refractivity contribution in [2.75, 3.05) is 30.3 Å². The van der Waals surface area contributed by atoms with Crippen LogP contribution in [-0.2, 0) is 4.74 Å². The molecule has 1 aliphatic carbocycles. The molecule has 150 valence electrons. The van der Waals surface area contributed by atoms with Crippen LogP contribution >= 0.6 is 0 Å². The maximum atomic E-state index is 12.1. The SMILES string of the molecule is CCOC(=O)N1CCC(Nc2c(NC3CCCC(C)C3C)c(=O)c2=O)CC1. The zero-order valence-electron chi connectivity index (χ0n) is 16.5. The van der Waals surface area contributed by atoms with E-state index >= 15 is 0 Å². The fraction of sp³-hybridized carbons (Fsp3) is 0.750. The van der Waals surface area contributed by atoms with Crippen molar-refractivity contribution < 1.29 is 9.53 Å². The molecule has 2 fully saturated rings. The number of hydrogen-bond acceptors (Lipinski definition) is 6. The Morgan fingerprint density at radius 1 is 1.04 bits per heavy atom. The number of ether oxygens (including phenoxy) is 1. The summed E-state index contributed by atoms with van der Waals surface area (Å²) >= 11 is 0. The van der Waals surface area contributed by atoms with Crippen molar-refractivity contribution in [3.8, 4) is 0 Å². The fourth-order valence-electron chi connectivity index (χ4n) is 4.26. The van der Waals surface area contributed by atoms with Crippen LogP contribution in [0, 0.1) is 11.8 Å². The van der Waals surface area contributed by atoms with E-state index in [0.717, 1.165) is 25.7 Å². The Balaban J connectivity index is 1.59. The molecule has 0 aromatic heterocycles. The third-order valence-corrected chi connectivity index (χ3v) is 6.32. The standard InChI is InChI=1S/C20H31N3O4/c1-4-27-20(26)23-10-8-14(9-11-23)21-16-17(19(25)18(16)24)22-15-7-5-6-12(2)13(15)3/h12-15,21-22H,4-11H2,1-3H3. The van der Waals surface area contributed by atoms with E-state index in [9.17, 15) is 14.4 Å². The van der Waals surface area contributed by atoms with Crippen LogP contribution < -0.4 is 21.5 Å². The molecule has 3 rings (SSSR count). The molecular weight excluding hydrogens is 346 g/mol. The van der Waals surface area contributed by atoms with Gasteiger partial charge in [0, 0.05) is 25.2 Å². The third-order valence-electron chi connectivity index (χ3n) is 6.32. The second-order valence-corrected chi connectivity index (χ2v) is 8.03. The Bertz CT molecular complexity index is 732. The zero-order valence-corrected chi connectivity index (χ0v) is 16.5. The maximum Gasteiger partial charge on any atom is 0.409 e. The Morgan fingerprint density at radius 2 is 1.67 bits per heavy atom. The molecule has 27 heavy (non-hydrogen) atoms. The molecule has 1 saturated heterocycles. The Morgan fingerprint density at radius 3 is 2.30 bits per heavy atom. The molecule has 3 unspecified atom stereocenters. The summed E-state index contributed by atoms with van der Waals surface area (Å²) in [4.78, 5) is 37.7. The predicted octanol–water partition coefficient (Wildman–Crippen LogP) is 2.55. The van der Waals surface area contributed by atoms with Crippen molar-refractivity contribution in [3.05, 3.63) is 20.4 Å². The Hall–Kier alpha value is -2.05. The number of hydrogen-bond donors (Lipinski definition) is 2. The minimum absolute atomic E-state index is 0.0854. The summed E-state index contributed by atoms with van der Waals surface area (Å²) < 4.78 is 5.03. The zero-order chi connectivity index (χ0) is 19.6. The molecule has 1 aromatic carbocycles. The van der Waals surface area contributed by atoms with Gasteiger partial charge < -0.3 is 20.3 Å². The second-order valence-electron chi connectivity index (χ2n) is 8.03. The normalized spacial score (nSPS) is 26.8. The first-order valence-electron chi connectivity index (χ1n) is 10.2. The molecule has 0 spiro atoms. The van der Waals surface area contributed by atoms with Gasteiger partial charge in [-0.1, -0.05) is 26.7 Å². The van der Waals surface area contributed by atoms with Crippen LogP contribution in [0.25, 0.3) is 0 Å². The molecular formula is C20H31N3O4. The molecule has 0 radical (unpaired) electrons. The number of nitrogens with one attached hydrogen (secondary N) is 2. The lowest BCUT2D eigenvalue weighted by atomic mass is 9.78. The van der Waals surface area contributed by atoms with Crippen molar-refractivity contribution in [3.63, 3.8) is 0 Å². The van der Waals surface area contributed by atoms with Crippen LogP contribution in [0.3, 0.4) is 0 Å². The molecule has 0 bridgehead atoms. The molecule has 2 N–H and O–H groups in total. The topological polar surface area (TPSA) is 87.7 Å². The monoisotopic (exact) mass is 377 g/mol. The fourth-order valence-corrected chi connectivity index (χ4v) is 4.26. The van der Waals surface area contributed by atoms with Crippen LogP contribution in [0.4, 0.5) is 16.2 Å². The molecule has 7 nitrogen and oxygen atoms in total. The molecule has 1 aromatic rings. The molecule has 7 heteroatoms. The highest BCUT2D eigenvalue weighted by Gasteiger charge is 2.32. The second kappa shape index (κ2) is 8.31. The van der Waals surface area contributed by atoms with Gasteiger partial charge >= 0.3 is 6.09 Å². The van der Waals surface area contributed by atoms with E-state index in [-0.39, 0.29) is 18.2 Å². The van der Waals surface area contributed by atoms with E-state index in [2.05, 4.69) is 24.5 Å². The summed E-state index contributed by atoms with van der Waals surface area (Å²) in [5.41, 5.74) is 0.0486. The van der Waals surface area contributed by atoms with Crippen LogP contribution in [0.5, 0.6) is 0 Å². The van der Waals surface area contributed by atoms with E-state index in [4.69, 9.17) is 4.74 Å². The quantitative estimate of drug-likeness (QED) is 0.767. The molecule has 1 amide bonds. The van der Waals surface area contributed by atoms with E-state index in [0.29, 0.717) is 42.9 Å². The lowest BCUT2D eigenvalue weighted by Crippen LogP contribution is -2.47. The highest BCUT2D eigenvalue weighted by molar-refractivity contribution is 5.74. The highest BCUT2D eigenvalue weighted by Crippen LogP contribution is 2.32. The van der Waals surface area contributed by atoms with Gasteiger partial charge in [0.15, 0.2) is 0 Å².